The van der Waals surface area contributed by atoms with Gasteiger partial charge in [-0.15, -0.1) is 10.2 Å². The molecule has 4 bridgehead atoms. The quantitative estimate of drug-likeness (QED) is 0.827. The van der Waals surface area contributed by atoms with Gasteiger partial charge in [-0.25, -0.2) is 0 Å². The highest BCUT2D eigenvalue weighted by Gasteiger charge is 2.54. The molecule has 0 saturated heterocycles. The van der Waals surface area contributed by atoms with Gasteiger partial charge in [0.25, 0.3) is 5.89 Å². The van der Waals surface area contributed by atoms with E-state index in [1.54, 1.807) is 7.11 Å². The fraction of sp³-hybridized carbons (Fsp3) is 0.591. The Hall–Kier alpha value is -2.37. The van der Waals surface area contributed by atoms with Crippen LogP contribution in [-0.4, -0.2) is 29.8 Å². The van der Waals surface area contributed by atoms with Crippen molar-refractivity contribution >= 4 is 5.91 Å². The van der Waals surface area contributed by atoms with Crippen LogP contribution >= 0.6 is 0 Å². The van der Waals surface area contributed by atoms with Crippen LogP contribution in [0.1, 0.15) is 44.4 Å². The van der Waals surface area contributed by atoms with Crippen molar-refractivity contribution in [1.29, 1.82) is 0 Å². The normalized spacial score (nSPS) is 30.4. The first-order chi connectivity index (χ1) is 13.6. The molecule has 4 fully saturated rings. The predicted molar refractivity (Wildman–Crippen MR) is 104 cm³/mol. The number of rotatable bonds is 6. The van der Waals surface area contributed by atoms with Gasteiger partial charge in [-0.1, -0.05) is 12.1 Å². The maximum atomic E-state index is 13.0. The van der Waals surface area contributed by atoms with E-state index in [2.05, 4.69) is 15.5 Å². The lowest BCUT2D eigenvalue weighted by atomic mass is 9.49. The predicted octanol–water partition coefficient (Wildman–Crippen LogP) is 3.62. The molecule has 148 valence electrons. The highest BCUT2D eigenvalue weighted by atomic mass is 16.5. The van der Waals surface area contributed by atoms with Gasteiger partial charge in [-0.2, -0.15) is 0 Å². The van der Waals surface area contributed by atoms with Crippen molar-refractivity contribution < 1.29 is 13.9 Å². The minimum Gasteiger partial charge on any atom is -0.496 e. The topological polar surface area (TPSA) is 77.3 Å². The summed E-state index contributed by atoms with van der Waals surface area (Å²) in [6, 6.07) is 7.57. The zero-order valence-corrected chi connectivity index (χ0v) is 16.3. The largest absolute Gasteiger partial charge is 0.496 e. The van der Waals surface area contributed by atoms with Crippen LogP contribution in [-0.2, 0) is 11.2 Å². The maximum Gasteiger partial charge on any atom is 0.251 e. The third-order valence-electron chi connectivity index (χ3n) is 6.95. The fourth-order valence-corrected chi connectivity index (χ4v) is 6.14. The third-order valence-corrected chi connectivity index (χ3v) is 6.95. The molecule has 28 heavy (non-hydrogen) atoms. The average Bonchev–Trinajstić information content (AvgIpc) is 3.15. The van der Waals surface area contributed by atoms with Crippen LogP contribution in [0, 0.1) is 23.2 Å². The maximum absolute atomic E-state index is 13.0. The van der Waals surface area contributed by atoms with Gasteiger partial charge in [0.2, 0.25) is 11.8 Å². The molecule has 6 heteroatoms. The minimum atomic E-state index is -0.105. The molecule has 0 aliphatic heterocycles. The summed E-state index contributed by atoms with van der Waals surface area (Å²) in [5.74, 6) is 4.25. The molecule has 4 aliphatic carbocycles. The van der Waals surface area contributed by atoms with Crippen LogP contribution in [0.2, 0.25) is 0 Å². The van der Waals surface area contributed by atoms with E-state index < -0.39 is 0 Å². The Balaban J connectivity index is 1.20. The van der Waals surface area contributed by atoms with E-state index in [1.165, 1.54) is 19.3 Å². The second-order valence-corrected chi connectivity index (χ2v) is 8.91. The monoisotopic (exact) mass is 381 g/mol. The van der Waals surface area contributed by atoms with Crippen molar-refractivity contribution in [2.45, 2.75) is 44.9 Å². The number of benzene rings is 1. The second kappa shape index (κ2) is 6.90. The molecule has 0 atom stereocenters. The van der Waals surface area contributed by atoms with Gasteiger partial charge in [0, 0.05) is 18.4 Å². The van der Waals surface area contributed by atoms with Gasteiger partial charge in [-0.05, 0) is 68.4 Å². The molecule has 6 rings (SSSR count). The number of hydrogen-bond acceptors (Lipinski definition) is 5. The van der Waals surface area contributed by atoms with Gasteiger partial charge < -0.3 is 14.5 Å². The molecular weight excluding hydrogens is 354 g/mol. The van der Waals surface area contributed by atoms with Gasteiger partial charge in [0.05, 0.1) is 12.7 Å². The summed E-state index contributed by atoms with van der Waals surface area (Å²) in [5, 5.41) is 11.4. The smallest absolute Gasteiger partial charge is 0.251 e. The summed E-state index contributed by atoms with van der Waals surface area (Å²) >= 11 is 0. The summed E-state index contributed by atoms with van der Waals surface area (Å²) in [4.78, 5) is 13.0. The van der Waals surface area contributed by atoms with E-state index in [-0.39, 0.29) is 11.3 Å². The number of ether oxygens (including phenoxy) is 1. The number of aromatic nitrogens is 2. The van der Waals surface area contributed by atoms with E-state index in [0.717, 1.165) is 42.6 Å². The van der Waals surface area contributed by atoms with Crippen molar-refractivity contribution in [3.63, 3.8) is 0 Å². The molecule has 0 unspecified atom stereocenters. The van der Waals surface area contributed by atoms with E-state index in [0.29, 0.717) is 30.5 Å². The van der Waals surface area contributed by atoms with E-state index in [1.807, 2.05) is 24.3 Å². The molecule has 1 amide bonds. The van der Waals surface area contributed by atoms with Crippen molar-refractivity contribution in [1.82, 2.24) is 15.5 Å². The van der Waals surface area contributed by atoms with Crippen molar-refractivity contribution in [3.05, 3.63) is 30.2 Å². The van der Waals surface area contributed by atoms with Gasteiger partial charge in [0.1, 0.15) is 5.75 Å². The van der Waals surface area contributed by atoms with Crippen LogP contribution in [0.4, 0.5) is 0 Å². The Morgan fingerprint density at radius 2 is 1.82 bits per heavy atom. The number of carbonyl (C=O) groups excluding carboxylic acids is 1. The van der Waals surface area contributed by atoms with E-state index in [4.69, 9.17) is 9.15 Å². The highest BCUT2D eigenvalue weighted by molar-refractivity contribution is 5.83. The summed E-state index contributed by atoms with van der Waals surface area (Å²) in [5.41, 5.74) is 0.674. The van der Waals surface area contributed by atoms with Crippen LogP contribution in [0.5, 0.6) is 5.75 Å². The Kier molecular flexibility index (Phi) is 4.37. The van der Waals surface area contributed by atoms with Crippen LogP contribution in [0.25, 0.3) is 11.5 Å². The molecule has 0 spiro atoms. The Morgan fingerprint density at radius 3 is 2.50 bits per heavy atom. The van der Waals surface area contributed by atoms with Crippen LogP contribution in [0.3, 0.4) is 0 Å². The molecule has 6 nitrogen and oxygen atoms in total. The van der Waals surface area contributed by atoms with Crippen molar-refractivity contribution in [3.8, 4) is 17.2 Å². The number of hydrogen-bond donors (Lipinski definition) is 1. The number of amides is 1. The zero-order valence-electron chi connectivity index (χ0n) is 16.3. The summed E-state index contributed by atoms with van der Waals surface area (Å²) in [7, 11) is 1.62. The number of para-hydroxylation sites is 1. The first-order valence-corrected chi connectivity index (χ1v) is 10.4. The van der Waals surface area contributed by atoms with Gasteiger partial charge in [0.15, 0.2) is 0 Å². The molecule has 0 radical (unpaired) electrons. The molecular formula is C22H27N3O3. The molecule has 4 aliphatic rings. The number of nitrogens with zero attached hydrogens (tertiary/aromatic N) is 2. The Bertz CT molecular complexity index is 840. The summed E-state index contributed by atoms with van der Waals surface area (Å²) in [6.07, 6.45) is 7.84. The number of methoxy groups -OCH3 is 1. The first kappa shape index (κ1) is 17.7. The lowest BCUT2D eigenvalue weighted by molar-refractivity contribution is -0.146. The molecule has 1 N–H and O–H groups in total. The average molecular weight is 381 g/mol. The molecule has 2 aromatic rings. The Labute approximate surface area is 165 Å². The standard InChI is InChI=1S/C22H27N3O3/c1-27-18-5-3-2-4-17(18)20-25-24-19(28-20)6-7-23-21(26)22-11-14-8-15(12-22)10-16(9-14)13-22/h2-5,14-16H,6-13H2,1H3,(H,23,26). The fourth-order valence-electron chi connectivity index (χ4n) is 6.14. The zero-order chi connectivity index (χ0) is 19.1. The summed E-state index contributed by atoms with van der Waals surface area (Å²) in [6.45, 7) is 0.536. The molecule has 1 aromatic heterocycles. The second-order valence-electron chi connectivity index (χ2n) is 8.91. The van der Waals surface area contributed by atoms with Crippen molar-refractivity contribution in [2.75, 3.05) is 13.7 Å². The van der Waals surface area contributed by atoms with E-state index >= 15 is 0 Å². The lowest BCUT2D eigenvalue weighted by Gasteiger charge is -2.55. The number of nitrogens with one attached hydrogen (secondary N) is 1. The molecule has 4 saturated carbocycles. The van der Waals surface area contributed by atoms with E-state index in [9.17, 15) is 4.79 Å². The SMILES string of the molecule is COc1ccccc1-c1nnc(CCNC(=O)C23CC4CC(CC(C4)C2)C3)o1. The van der Waals surface area contributed by atoms with Gasteiger partial charge >= 0.3 is 0 Å². The molecule has 1 aromatic carbocycles. The molecule has 1 heterocycles. The highest BCUT2D eigenvalue weighted by Crippen LogP contribution is 2.60. The van der Waals surface area contributed by atoms with Gasteiger partial charge in [-0.3, -0.25) is 4.79 Å². The minimum absolute atomic E-state index is 0.105. The third kappa shape index (κ3) is 3.09. The Morgan fingerprint density at radius 1 is 1.14 bits per heavy atom. The number of carbonyl (C=O) groups is 1. The van der Waals surface area contributed by atoms with Crippen LogP contribution in [0.15, 0.2) is 28.7 Å². The lowest BCUT2D eigenvalue weighted by Crippen LogP contribution is -2.53. The first-order valence-electron chi connectivity index (χ1n) is 10.4. The van der Waals surface area contributed by atoms with Crippen molar-refractivity contribution in [2.24, 2.45) is 23.2 Å². The summed E-state index contributed by atoms with van der Waals surface area (Å²) < 4.78 is 11.1. The van der Waals surface area contributed by atoms with Crippen LogP contribution < -0.4 is 10.1 Å².